The number of carbonyl (C=O) groups excluding carboxylic acids is 1. The van der Waals surface area contributed by atoms with Gasteiger partial charge in [0.25, 0.3) is 0 Å². The van der Waals surface area contributed by atoms with Crippen molar-refractivity contribution >= 4 is 17.9 Å². The molecule has 0 aromatic rings. The summed E-state index contributed by atoms with van der Waals surface area (Å²) in [7, 11) is 0. The van der Waals surface area contributed by atoms with Gasteiger partial charge in [0.2, 0.25) is 0 Å². The Labute approximate surface area is 166 Å². The lowest BCUT2D eigenvalue weighted by atomic mass is 9.90. The Morgan fingerprint density at radius 1 is 0.786 bits per heavy atom. The molecule has 1 atom stereocenters. The van der Waals surface area contributed by atoms with Crippen molar-refractivity contribution in [1.82, 2.24) is 0 Å². The van der Waals surface area contributed by atoms with E-state index in [4.69, 9.17) is 14.9 Å². The smallest absolute Gasteiger partial charge is 0.336 e. The highest BCUT2D eigenvalue weighted by Gasteiger charge is 2.42. The molecule has 0 aliphatic rings. The van der Waals surface area contributed by atoms with Crippen LogP contribution in [0, 0.1) is 0 Å². The van der Waals surface area contributed by atoms with E-state index in [1.807, 2.05) is 0 Å². The van der Waals surface area contributed by atoms with Crippen molar-refractivity contribution < 1.29 is 39.5 Å². The molecule has 0 spiro atoms. The summed E-state index contributed by atoms with van der Waals surface area (Å²) in [6, 6.07) is 0. The fraction of sp³-hybridized carbons (Fsp3) is 0.850. The largest absolute Gasteiger partial charge is 0.481 e. The summed E-state index contributed by atoms with van der Waals surface area (Å²) in [5.74, 6) is -4.39. The number of esters is 1. The monoisotopic (exact) mass is 404 g/mol. The van der Waals surface area contributed by atoms with Crippen LogP contribution in [0.1, 0.15) is 90.9 Å². The molecule has 8 nitrogen and oxygen atoms in total. The number of ether oxygens (including phenoxy) is 1. The first-order valence-electron chi connectivity index (χ1n) is 10.1. The fourth-order valence-corrected chi connectivity index (χ4v) is 3.00. The highest BCUT2D eigenvalue weighted by Crippen LogP contribution is 2.25. The van der Waals surface area contributed by atoms with Gasteiger partial charge in [0.15, 0.2) is 5.60 Å². The van der Waals surface area contributed by atoms with Gasteiger partial charge in [-0.15, -0.1) is 0 Å². The average Bonchev–Trinajstić information content (AvgIpc) is 2.60. The van der Waals surface area contributed by atoms with Crippen molar-refractivity contribution in [2.45, 2.75) is 102 Å². The number of carboxylic acids is 2. The number of rotatable bonds is 17. The van der Waals surface area contributed by atoms with Gasteiger partial charge in [0, 0.05) is 0 Å². The molecule has 0 fully saturated rings. The Kier molecular flexibility index (Phi) is 12.7. The van der Waals surface area contributed by atoms with E-state index < -0.39 is 42.0 Å². The van der Waals surface area contributed by atoms with Crippen molar-refractivity contribution in [1.29, 1.82) is 0 Å². The first-order chi connectivity index (χ1) is 13.1. The second kappa shape index (κ2) is 13.5. The topological polar surface area (TPSA) is 141 Å². The van der Waals surface area contributed by atoms with Gasteiger partial charge in [0.05, 0.1) is 18.4 Å². The van der Waals surface area contributed by atoms with Crippen LogP contribution in [0.25, 0.3) is 0 Å². The van der Waals surface area contributed by atoms with Crippen molar-refractivity contribution in [3.8, 4) is 0 Å². The maximum Gasteiger partial charge on any atom is 0.336 e. The van der Waals surface area contributed by atoms with E-state index in [2.05, 4.69) is 13.8 Å². The van der Waals surface area contributed by atoms with Crippen LogP contribution in [0.4, 0.5) is 0 Å². The lowest BCUT2D eigenvalue weighted by Gasteiger charge is -2.29. The molecule has 0 heterocycles. The van der Waals surface area contributed by atoms with Gasteiger partial charge < -0.3 is 25.2 Å². The number of aliphatic hydroxyl groups is 2. The molecule has 0 saturated heterocycles. The SMILES string of the molecule is CCCCCCC(O)(CCCCCC)COC(=O)CC(O)(CC(=O)O)C(=O)O. The van der Waals surface area contributed by atoms with Crippen LogP contribution >= 0.6 is 0 Å². The molecular weight excluding hydrogens is 368 g/mol. The maximum absolute atomic E-state index is 12.0. The van der Waals surface area contributed by atoms with E-state index in [0.717, 1.165) is 51.4 Å². The van der Waals surface area contributed by atoms with Gasteiger partial charge in [-0.05, 0) is 12.8 Å². The summed E-state index contributed by atoms with van der Waals surface area (Å²) in [5.41, 5.74) is -3.94. The molecule has 164 valence electrons. The normalized spacial score (nSPS) is 13.7. The first-order valence-corrected chi connectivity index (χ1v) is 10.1. The zero-order valence-electron chi connectivity index (χ0n) is 17.1. The lowest BCUT2D eigenvalue weighted by molar-refractivity contribution is -0.174. The van der Waals surface area contributed by atoms with Crippen LogP contribution < -0.4 is 0 Å². The summed E-state index contributed by atoms with van der Waals surface area (Å²) in [4.78, 5) is 33.9. The fourth-order valence-electron chi connectivity index (χ4n) is 3.00. The van der Waals surface area contributed by atoms with E-state index >= 15 is 0 Å². The van der Waals surface area contributed by atoms with Crippen LogP contribution in [-0.2, 0) is 19.1 Å². The number of carboxylic acid groups (broad SMARTS) is 2. The number of aliphatic carboxylic acids is 2. The van der Waals surface area contributed by atoms with Crippen molar-refractivity contribution in [2.75, 3.05) is 6.61 Å². The molecule has 4 N–H and O–H groups in total. The second-order valence-corrected chi connectivity index (χ2v) is 7.59. The second-order valence-electron chi connectivity index (χ2n) is 7.59. The van der Waals surface area contributed by atoms with E-state index in [0.29, 0.717) is 12.8 Å². The van der Waals surface area contributed by atoms with E-state index in [9.17, 15) is 24.6 Å². The summed E-state index contributed by atoms with van der Waals surface area (Å²) < 4.78 is 5.04. The molecule has 0 amide bonds. The van der Waals surface area contributed by atoms with Gasteiger partial charge in [0.1, 0.15) is 6.61 Å². The minimum atomic E-state index is -2.73. The Morgan fingerprint density at radius 2 is 1.29 bits per heavy atom. The van der Waals surface area contributed by atoms with Gasteiger partial charge in [-0.1, -0.05) is 65.2 Å². The van der Waals surface area contributed by atoms with Gasteiger partial charge in [-0.2, -0.15) is 0 Å². The molecule has 0 aromatic heterocycles. The predicted octanol–water partition coefficient (Wildman–Crippen LogP) is 2.88. The summed E-state index contributed by atoms with van der Waals surface area (Å²) >= 11 is 0. The van der Waals surface area contributed by atoms with Crippen molar-refractivity contribution in [3.05, 3.63) is 0 Å². The van der Waals surface area contributed by atoms with E-state index in [1.54, 1.807) is 0 Å². The molecule has 28 heavy (non-hydrogen) atoms. The third-order valence-corrected chi connectivity index (χ3v) is 4.77. The average molecular weight is 405 g/mol. The molecule has 0 radical (unpaired) electrons. The highest BCUT2D eigenvalue weighted by molar-refractivity contribution is 5.88. The lowest BCUT2D eigenvalue weighted by Crippen LogP contribution is -2.44. The predicted molar refractivity (Wildman–Crippen MR) is 103 cm³/mol. The number of unbranched alkanes of at least 4 members (excludes halogenated alkanes) is 6. The van der Waals surface area contributed by atoms with Crippen LogP contribution in [0.3, 0.4) is 0 Å². The third-order valence-electron chi connectivity index (χ3n) is 4.77. The maximum atomic E-state index is 12.0. The van der Waals surface area contributed by atoms with E-state index in [1.165, 1.54) is 0 Å². The number of hydrogen-bond donors (Lipinski definition) is 4. The van der Waals surface area contributed by atoms with Gasteiger partial charge >= 0.3 is 17.9 Å². The van der Waals surface area contributed by atoms with E-state index in [-0.39, 0.29) is 6.61 Å². The zero-order valence-corrected chi connectivity index (χ0v) is 17.1. The van der Waals surface area contributed by atoms with Crippen molar-refractivity contribution in [3.63, 3.8) is 0 Å². The Hall–Kier alpha value is -1.67. The highest BCUT2D eigenvalue weighted by atomic mass is 16.5. The minimum Gasteiger partial charge on any atom is -0.481 e. The summed E-state index contributed by atoms with van der Waals surface area (Å²) in [6.45, 7) is 3.87. The molecular formula is C20H36O8. The zero-order chi connectivity index (χ0) is 21.6. The quantitative estimate of drug-likeness (QED) is 0.214. The molecule has 8 heteroatoms. The standard InChI is InChI=1S/C20H36O8/c1-3-5-7-9-11-19(26,12-10-8-6-4-2)15-28-17(23)14-20(27,18(24)25)13-16(21)22/h26-27H,3-15H2,1-2H3,(H,21,22)(H,24,25). The molecule has 0 aromatic carbocycles. The number of hydrogen-bond acceptors (Lipinski definition) is 6. The molecule has 0 aliphatic heterocycles. The van der Waals surface area contributed by atoms with Gasteiger partial charge in [-0.25, -0.2) is 4.79 Å². The van der Waals surface area contributed by atoms with Crippen LogP contribution in [0.2, 0.25) is 0 Å². The first kappa shape index (κ1) is 26.3. The molecule has 0 saturated carbocycles. The van der Waals surface area contributed by atoms with Crippen LogP contribution in [0.5, 0.6) is 0 Å². The molecule has 0 aliphatic carbocycles. The molecule has 0 bridgehead atoms. The minimum absolute atomic E-state index is 0.299. The van der Waals surface area contributed by atoms with Crippen LogP contribution in [-0.4, -0.2) is 56.1 Å². The number of carbonyl (C=O) groups is 3. The Balaban J connectivity index is 4.79. The van der Waals surface area contributed by atoms with Crippen LogP contribution in [0.15, 0.2) is 0 Å². The summed E-state index contributed by atoms with van der Waals surface area (Å²) in [6.07, 6.45) is 6.52. The van der Waals surface area contributed by atoms with Gasteiger partial charge in [-0.3, -0.25) is 9.59 Å². The molecule has 0 rings (SSSR count). The Bertz CT molecular complexity index is 479. The molecule has 1 unspecified atom stereocenters. The Morgan fingerprint density at radius 3 is 1.68 bits per heavy atom. The summed E-state index contributed by atoms with van der Waals surface area (Å²) in [5, 5.41) is 38.5. The van der Waals surface area contributed by atoms with Crippen molar-refractivity contribution in [2.24, 2.45) is 0 Å². The third kappa shape index (κ3) is 11.2.